The van der Waals surface area contributed by atoms with Crippen LogP contribution in [0.5, 0.6) is 11.6 Å². The molecule has 3 nitrogen and oxygen atoms in total. The maximum Gasteiger partial charge on any atom is 0.224 e. The van der Waals surface area contributed by atoms with Gasteiger partial charge in [-0.1, -0.05) is 15.9 Å². The number of nitrogens with two attached hydrogens (primary N) is 1. The zero-order valence-corrected chi connectivity index (χ0v) is 11.4. The Balaban J connectivity index is 2.40. The highest BCUT2D eigenvalue weighted by molar-refractivity contribution is 9.10. The standard InChI is InChI=1S/C13H12BrFN2O/c1-8-4-5-17-13(10(8)7-16)18-12-6-9(14)2-3-11(12)15/h2-6H,7,16H2,1H3. The Morgan fingerprint density at radius 2 is 2.17 bits per heavy atom. The molecule has 0 saturated carbocycles. The van der Waals surface area contributed by atoms with E-state index in [0.29, 0.717) is 12.4 Å². The number of aryl methyl sites for hydroxylation is 1. The fourth-order valence-electron chi connectivity index (χ4n) is 1.56. The van der Waals surface area contributed by atoms with Crippen molar-refractivity contribution in [3.8, 4) is 11.6 Å². The molecule has 0 saturated heterocycles. The minimum absolute atomic E-state index is 0.122. The molecule has 0 bridgehead atoms. The average Bonchev–Trinajstić information content (AvgIpc) is 2.34. The number of ether oxygens (including phenoxy) is 1. The fourth-order valence-corrected chi connectivity index (χ4v) is 1.90. The lowest BCUT2D eigenvalue weighted by atomic mass is 10.1. The van der Waals surface area contributed by atoms with Gasteiger partial charge in [0, 0.05) is 22.8 Å². The molecule has 2 rings (SSSR count). The van der Waals surface area contributed by atoms with E-state index < -0.39 is 5.82 Å². The van der Waals surface area contributed by atoms with Crippen LogP contribution in [-0.2, 0) is 6.54 Å². The van der Waals surface area contributed by atoms with Crippen molar-refractivity contribution in [2.75, 3.05) is 0 Å². The minimum Gasteiger partial charge on any atom is -0.436 e. The Hall–Kier alpha value is -1.46. The van der Waals surface area contributed by atoms with E-state index in [1.54, 1.807) is 18.3 Å². The predicted molar refractivity (Wildman–Crippen MR) is 71.0 cm³/mol. The number of pyridine rings is 1. The van der Waals surface area contributed by atoms with Gasteiger partial charge in [0.05, 0.1) is 0 Å². The Kier molecular flexibility index (Phi) is 3.93. The summed E-state index contributed by atoms with van der Waals surface area (Å²) in [5.41, 5.74) is 7.40. The number of benzene rings is 1. The van der Waals surface area contributed by atoms with Gasteiger partial charge in [-0.15, -0.1) is 0 Å². The number of aromatic nitrogens is 1. The molecule has 94 valence electrons. The van der Waals surface area contributed by atoms with E-state index in [2.05, 4.69) is 20.9 Å². The summed E-state index contributed by atoms with van der Waals surface area (Å²) in [5.74, 6) is 0.0242. The van der Waals surface area contributed by atoms with Gasteiger partial charge in [0.15, 0.2) is 11.6 Å². The van der Waals surface area contributed by atoms with Crippen molar-refractivity contribution >= 4 is 15.9 Å². The zero-order chi connectivity index (χ0) is 13.1. The summed E-state index contributed by atoms with van der Waals surface area (Å²) in [4.78, 5) is 4.09. The van der Waals surface area contributed by atoms with Crippen LogP contribution in [0.4, 0.5) is 4.39 Å². The smallest absolute Gasteiger partial charge is 0.224 e. The lowest BCUT2D eigenvalue weighted by molar-refractivity contribution is 0.422. The molecule has 18 heavy (non-hydrogen) atoms. The van der Waals surface area contributed by atoms with E-state index in [4.69, 9.17) is 10.5 Å². The molecule has 0 aliphatic carbocycles. The number of halogens is 2. The van der Waals surface area contributed by atoms with Crippen molar-refractivity contribution in [3.63, 3.8) is 0 Å². The largest absolute Gasteiger partial charge is 0.436 e. The number of nitrogens with zero attached hydrogens (tertiary/aromatic N) is 1. The second-order valence-electron chi connectivity index (χ2n) is 3.79. The van der Waals surface area contributed by atoms with Crippen molar-refractivity contribution in [2.45, 2.75) is 13.5 Å². The first-order valence-electron chi connectivity index (χ1n) is 5.39. The highest BCUT2D eigenvalue weighted by atomic mass is 79.9. The number of hydrogen-bond donors (Lipinski definition) is 1. The van der Waals surface area contributed by atoms with Crippen molar-refractivity contribution in [2.24, 2.45) is 5.73 Å². The number of hydrogen-bond acceptors (Lipinski definition) is 3. The Bertz CT molecular complexity index is 575. The van der Waals surface area contributed by atoms with E-state index >= 15 is 0 Å². The Morgan fingerprint density at radius 1 is 1.39 bits per heavy atom. The van der Waals surface area contributed by atoms with Gasteiger partial charge in [0.2, 0.25) is 5.88 Å². The van der Waals surface area contributed by atoms with E-state index in [9.17, 15) is 4.39 Å². The topological polar surface area (TPSA) is 48.1 Å². The summed E-state index contributed by atoms with van der Waals surface area (Å²) in [5, 5.41) is 0. The lowest BCUT2D eigenvalue weighted by Crippen LogP contribution is -2.04. The van der Waals surface area contributed by atoms with Gasteiger partial charge in [-0.05, 0) is 36.8 Å². The first kappa shape index (κ1) is 13.0. The molecule has 5 heteroatoms. The van der Waals surface area contributed by atoms with Crippen LogP contribution >= 0.6 is 15.9 Å². The van der Waals surface area contributed by atoms with Gasteiger partial charge in [-0.3, -0.25) is 0 Å². The molecule has 0 fully saturated rings. The summed E-state index contributed by atoms with van der Waals surface area (Å²) in [7, 11) is 0. The van der Waals surface area contributed by atoms with Crippen molar-refractivity contribution in [1.82, 2.24) is 4.98 Å². The first-order valence-corrected chi connectivity index (χ1v) is 6.18. The van der Waals surface area contributed by atoms with E-state index in [0.717, 1.165) is 15.6 Å². The summed E-state index contributed by atoms with van der Waals surface area (Å²) in [6.45, 7) is 2.21. The first-order chi connectivity index (χ1) is 8.61. The molecule has 1 aromatic heterocycles. The quantitative estimate of drug-likeness (QED) is 0.943. The van der Waals surface area contributed by atoms with Gasteiger partial charge < -0.3 is 10.5 Å². The average molecular weight is 311 g/mol. The molecule has 0 aliphatic rings. The molecule has 0 atom stereocenters. The molecular formula is C13H12BrFN2O. The van der Waals surface area contributed by atoms with Crippen molar-refractivity contribution in [1.29, 1.82) is 0 Å². The van der Waals surface area contributed by atoms with E-state index in [-0.39, 0.29) is 5.75 Å². The minimum atomic E-state index is -0.440. The van der Waals surface area contributed by atoms with Gasteiger partial charge >= 0.3 is 0 Å². The second-order valence-corrected chi connectivity index (χ2v) is 4.71. The normalized spacial score (nSPS) is 10.4. The molecule has 0 unspecified atom stereocenters. The van der Waals surface area contributed by atoms with Crippen LogP contribution in [-0.4, -0.2) is 4.98 Å². The van der Waals surface area contributed by atoms with Gasteiger partial charge in [-0.25, -0.2) is 9.37 Å². The molecular weight excluding hydrogens is 299 g/mol. The van der Waals surface area contributed by atoms with Crippen LogP contribution in [0.1, 0.15) is 11.1 Å². The molecule has 0 radical (unpaired) electrons. The molecule has 1 aromatic carbocycles. The monoisotopic (exact) mass is 310 g/mol. The van der Waals surface area contributed by atoms with Crippen LogP contribution in [0.15, 0.2) is 34.9 Å². The summed E-state index contributed by atoms with van der Waals surface area (Å²) < 4.78 is 19.8. The van der Waals surface area contributed by atoms with E-state index in [1.807, 2.05) is 13.0 Å². The van der Waals surface area contributed by atoms with E-state index in [1.165, 1.54) is 6.07 Å². The molecule has 0 amide bonds. The third-order valence-corrected chi connectivity index (χ3v) is 3.05. The molecule has 0 aliphatic heterocycles. The van der Waals surface area contributed by atoms with Gasteiger partial charge in [0.25, 0.3) is 0 Å². The van der Waals surface area contributed by atoms with Crippen LogP contribution in [0, 0.1) is 12.7 Å². The maximum atomic E-state index is 13.6. The van der Waals surface area contributed by atoms with Crippen LogP contribution in [0.3, 0.4) is 0 Å². The summed E-state index contributed by atoms with van der Waals surface area (Å²) in [6, 6.07) is 6.33. The third kappa shape index (κ3) is 2.68. The van der Waals surface area contributed by atoms with Crippen LogP contribution in [0.25, 0.3) is 0 Å². The van der Waals surface area contributed by atoms with Gasteiger partial charge in [-0.2, -0.15) is 0 Å². The fraction of sp³-hybridized carbons (Fsp3) is 0.154. The van der Waals surface area contributed by atoms with Crippen molar-refractivity contribution < 1.29 is 9.13 Å². The molecule has 0 spiro atoms. The highest BCUT2D eigenvalue weighted by Crippen LogP contribution is 2.29. The lowest BCUT2D eigenvalue weighted by Gasteiger charge is -2.11. The second kappa shape index (κ2) is 5.46. The Morgan fingerprint density at radius 3 is 2.89 bits per heavy atom. The third-order valence-electron chi connectivity index (χ3n) is 2.55. The molecule has 2 aromatic rings. The SMILES string of the molecule is Cc1ccnc(Oc2cc(Br)ccc2F)c1CN. The summed E-state index contributed by atoms with van der Waals surface area (Å²) >= 11 is 3.27. The highest BCUT2D eigenvalue weighted by Gasteiger charge is 2.11. The number of rotatable bonds is 3. The zero-order valence-electron chi connectivity index (χ0n) is 9.78. The molecule has 1 heterocycles. The molecule has 2 N–H and O–H groups in total. The summed E-state index contributed by atoms with van der Waals surface area (Å²) in [6.07, 6.45) is 1.61. The van der Waals surface area contributed by atoms with Crippen LogP contribution in [0.2, 0.25) is 0 Å². The van der Waals surface area contributed by atoms with Gasteiger partial charge in [0.1, 0.15) is 0 Å². The van der Waals surface area contributed by atoms with Crippen molar-refractivity contribution in [3.05, 3.63) is 51.9 Å². The van der Waals surface area contributed by atoms with Crippen LogP contribution < -0.4 is 10.5 Å². The maximum absolute atomic E-state index is 13.6. The predicted octanol–water partition coefficient (Wildman–Crippen LogP) is 3.54. The Labute approximate surface area is 113 Å².